The van der Waals surface area contributed by atoms with E-state index in [4.69, 9.17) is 14.3 Å². The van der Waals surface area contributed by atoms with E-state index in [1.165, 1.54) is 13.4 Å². The van der Waals surface area contributed by atoms with Crippen molar-refractivity contribution in [2.45, 2.75) is 20.1 Å². The minimum Gasteiger partial charge on any atom is -0.503 e. The molecule has 0 heterocycles. The van der Waals surface area contributed by atoms with Crippen LogP contribution in [0.4, 0.5) is 0 Å². The largest absolute Gasteiger partial charge is 0.503 e. The number of rotatable bonds is 10. The van der Waals surface area contributed by atoms with Crippen molar-refractivity contribution in [1.82, 2.24) is 0 Å². The van der Waals surface area contributed by atoms with E-state index in [1.807, 2.05) is 73.7 Å². The molecule has 32 heavy (non-hydrogen) atoms. The number of nitrogens with zero attached hydrogens (tertiary/aromatic N) is 1. The summed E-state index contributed by atoms with van der Waals surface area (Å²) < 4.78 is 10.8. The Bertz CT molecular complexity index is 1090. The van der Waals surface area contributed by atoms with Crippen LogP contribution in [0.25, 0.3) is 5.57 Å². The van der Waals surface area contributed by atoms with Gasteiger partial charge in [-0.2, -0.15) is 0 Å². The molecule has 3 aromatic carbocycles. The Morgan fingerprint density at radius 2 is 1.62 bits per heavy atom. The maximum absolute atomic E-state index is 11.6. The third kappa shape index (κ3) is 6.22. The molecule has 3 aromatic rings. The van der Waals surface area contributed by atoms with Gasteiger partial charge in [0, 0.05) is 0 Å². The Morgan fingerprint density at radius 3 is 2.31 bits per heavy atom. The van der Waals surface area contributed by atoms with Crippen molar-refractivity contribution in [2.24, 2.45) is 5.16 Å². The van der Waals surface area contributed by atoms with E-state index in [-0.39, 0.29) is 12.2 Å². The van der Waals surface area contributed by atoms with E-state index in [0.717, 1.165) is 22.4 Å². The Labute approximate surface area is 187 Å². The molecular formula is C26H25NO5. The normalized spacial score (nSPS) is 11.7. The first-order chi connectivity index (χ1) is 15.6. The molecule has 0 aromatic heterocycles. The summed E-state index contributed by atoms with van der Waals surface area (Å²) in [6.07, 6.45) is 1.22. The van der Waals surface area contributed by atoms with Crippen LogP contribution in [0, 0.1) is 0 Å². The summed E-state index contributed by atoms with van der Waals surface area (Å²) in [7, 11) is 1.42. The molecular weight excluding hydrogens is 406 g/mol. The summed E-state index contributed by atoms with van der Waals surface area (Å²) in [4.78, 5) is 17.0. The first-order valence-corrected chi connectivity index (χ1v) is 10.1. The monoisotopic (exact) mass is 431 g/mol. The molecule has 1 N–H and O–H groups in total. The molecule has 0 unspecified atom stereocenters. The average molecular weight is 431 g/mol. The molecule has 6 nitrogen and oxygen atoms in total. The zero-order valence-corrected chi connectivity index (χ0v) is 18.0. The SMILES string of the molecule is COC=C(C(=O)O)c1ccccc1COc1ccc(C(C)=NOCc2ccccc2)cc1. The standard InChI is InChI=1S/C26H25NO5/c1-19(27-32-16-20-8-4-3-5-9-20)21-12-14-23(15-13-21)31-17-22-10-6-7-11-24(22)25(18-30-2)26(28)29/h3-15,18H,16-17H2,1-2H3,(H,28,29). The third-order valence-electron chi connectivity index (χ3n) is 4.72. The highest BCUT2D eigenvalue weighted by atomic mass is 16.6. The van der Waals surface area contributed by atoms with E-state index in [0.29, 0.717) is 17.9 Å². The summed E-state index contributed by atoms with van der Waals surface area (Å²) >= 11 is 0. The fourth-order valence-corrected chi connectivity index (χ4v) is 3.04. The summed E-state index contributed by atoms with van der Waals surface area (Å²) in [6.45, 7) is 2.51. The van der Waals surface area contributed by atoms with Crippen LogP contribution in [-0.2, 0) is 27.6 Å². The van der Waals surface area contributed by atoms with Gasteiger partial charge in [0.15, 0.2) is 0 Å². The minimum absolute atomic E-state index is 0.0735. The second-order valence-electron chi connectivity index (χ2n) is 6.98. The molecule has 0 radical (unpaired) electrons. The number of aliphatic carboxylic acids is 1. The van der Waals surface area contributed by atoms with Crippen molar-refractivity contribution in [3.63, 3.8) is 0 Å². The molecule has 0 bridgehead atoms. The lowest BCUT2D eigenvalue weighted by Gasteiger charge is -2.12. The van der Waals surface area contributed by atoms with Crippen molar-refractivity contribution < 1.29 is 24.2 Å². The average Bonchev–Trinajstić information content (AvgIpc) is 2.82. The number of carboxylic acid groups (broad SMARTS) is 1. The van der Waals surface area contributed by atoms with Gasteiger partial charge in [-0.3, -0.25) is 0 Å². The lowest BCUT2D eigenvalue weighted by atomic mass is 10.0. The number of ether oxygens (including phenoxy) is 2. The van der Waals surface area contributed by atoms with Gasteiger partial charge in [0.05, 0.1) is 19.1 Å². The summed E-state index contributed by atoms with van der Waals surface area (Å²) in [5, 5.41) is 13.6. The predicted octanol–water partition coefficient (Wildman–Crippen LogP) is 5.28. The smallest absolute Gasteiger partial charge is 0.339 e. The number of carbonyl (C=O) groups is 1. The van der Waals surface area contributed by atoms with Gasteiger partial charge in [0.25, 0.3) is 0 Å². The van der Waals surface area contributed by atoms with E-state index < -0.39 is 5.97 Å². The second kappa shape index (κ2) is 11.4. The molecule has 164 valence electrons. The van der Waals surface area contributed by atoms with E-state index in [2.05, 4.69) is 5.16 Å². The number of carboxylic acids is 1. The number of hydrogen-bond acceptors (Lipinski definition) is 5. The van der Waals surface area contributed by atoms with Crippen LogP contribution >= 0.6 is 0 Å². The van der Waals surface area contributed by atoms with Crippen LogP contribution in [-0.4, -0.2) is 23.9 Å². The Balaban J connectivity index is 1.62. The van der Waals surface area contributed by atoms with Gasteiger partial charge < -0.3 is 19.4 Å². The molecule has 0 aliphatic heterocycles. The van der Waals surface area contributed by atoms with Crippen LogP contribution in [0.5, 0.6) is 5.75 Å². The van der Waals surface area contributed by atoms with Crippen LogP contribution in [0.15, 0.2) is 90.3 Å². The zero-order chi connectivity index (χ0) is 22.8. The topological polar surface area (TPSA) is 77.4 Å². The summed E-state index contributed by atoms with van der Waals surface area (Å²) in [5.41, 5.74) is 4.10. The van der Waals surface area contributed by atoms with Gasteiger partial charge in [-0.25, -0.2) is 4.79 Å². The van der Waals surface area contributed by atoms with Crippen molar-refractivity contribution in [3.8, 4) is 5.75 Å². The molecule has 0 saturated heterocycles. The fraction of sp³-hybridized carbons (Fsp3) is 0.154. The maximum Gasteiger partial charge on any atom is 0.339 e. The Kier molecular flexibility index (Phi) is 8.03. The lowest BCUT2D eigenvalue weighted by molar-refractivity contribution is -0.130. The first-order valence-electron chi connectivity index (χ1n) is 10.1. The van der Waals surface area contributed by atoms with Gasteiger partial charge >= 0.3 is 5.97 Å². The molecule has 0 aliphatic rings. The van der Waals surface area contributed by atoms with Crippen LogP contribution < -0.4 is 4.74 Å². The van der Waals surface area contributed by atoms with E-state index >= 15 is 0 Å². The van der Waals surface area contributed by atoms with Gasteiger partial charge in [-0.1, -0.05) is 59.8 Å². The third-order valence-corrected chi connectivity index (χ3v) is 4.72. The Morgan fingerprint density at radius 1 is 0.938 bits per heavy atom. The van der Waals surface area contributed by atoms with Gasteiger partial charge in [0.1, 0.15) is 24.5 Å². The molecule has 0 aliphatic carbocycles. The van der Waals surface area contributed by atoms with Crippen LogP contribution in [0.1, 0.15) is 29.2 Å². The first kappa shape index (κ1) is 22.6. The van der Waals surface area contributed by atoms with Crippen molar-refractivity contribution >= 4 is 17.3 Å². The highest BCUT2D eigenvalue weighted by Gasteiger charge is 2.15. The molecule has 0 amide bonds. The Hall–Kier alpha value is -4.06. The molecule has 3 rings (SSSR count). The van der Waals surface area contributed by atoms with Crippen molar-refractivity contribution in [2.75, 3.05) is 7.11 Å². The summed E-state index contributed by atoms with van der Waals surface area (Å²) in [6, 6.07) is 24.5. The number of methoxy groups -OCH3 is 1. The summed E-state index contributed by atoms with van der Waals surface area (Å²) in [5.74, 6) is -0.401. The highest BCUT2D eigenvalue weighted by Crippen LogP contribution is 2.22. The van der Waals surface area contributed by atoms with Gasteiger partial charge in [0.2, 0.25) is 0 Å². The van der Waals surface area contributed by atoms with E-state index in [9.17, 15) is 9.90 Å². The predicted molar refractivity (Wildman–Crippen MR) is 123 cm³/mol. The number of hydrogen-bond donors (Lipinski definition) is 1. The lowest BCUT2D eigenvalue weighted by Crippen LogP contribution is -2.06. The molecule has 0 fully saturated rings. The van der Waals surface area contributed by atoms with Crippen molar-refractivity contribution in [3.05, 3.63) is 107 Å². The van der Waals surface area contributed by atoms with E-state index in [1.54, 1.807) is 12.1 Å². The van der Waals surface area contributed by atoms with Gasteiger partial charge in [-0.15, -0.1) is 0 Å². The zero-order valence-electron chi connectivity index (χ0n) is 18.0. The maximum atomic E-state index is 11.6. The molecule has 0 spiro atoms. The molecule has 0 atom stereocenters. The van der Waals surface area contributed by atoms with Gasteiger partial charge in [-0.05, 0) is 53.4 Å². The second-order valence-corrected chi connectivity index (χ2v) is 6.98. The van der Waals surface area contributed by atoms with Crippen molar-refractivity contribution in [1.29, 1.82) is 0 Å². The molecule has 0 saturated carbocycles. The molecule has 6 heteroatoms. The highest BCUT2D eigenvalue weighted by molar-refractivity contribution is 6.15. The van der Waals surface area contributed by atoms with Crippen LogP contribution in [0.3, 0.4) is 0 Å². The van der Waals surface area contributed by atoms with Crippen LogP contribution in [0.2, 0.25) is 0 Å². The fourth-order valence-electron chi connectivity index (χ4n) is 3.04. The minimum atomic E-state index is -1.06. The quantitative estimate of drug-likeness (QED) is 0.205. The number of benzene rings is 3. The number of oxime groups is 1.